The molecule has 3 fully saturated rings. The smallest absolute Gasteiger partial charge is 0.246 e. The Labute approximate surface area is 221 Å². The molecule has 1 spiro atoms. The van der Waals surface area contributed by atoms with Gasteiger partial charge in [0.2, 0.25) is 5.91 Å². The number of fused-ring (bicyclic) bond motifs is 2. The Kier molecular flexibility index (Phi) is 8.23. The lowest BCUT2D eigenvalue weighted by atomic mass is 9.62. The van der Waals surface area contributed by atoms with Crippen molar-refractivity contribution in [2.45, 2.75) is 77.1 Å². The summed E-state index contributed by atoms with van der Waals surface area (Å²) in [6.07, 6.45) is 10.6. The van der Waals surface area contributed by atoms with E-state index in [0.29, 0.717) is 24.5 Å². The molecule has 7 heteroatoms. The number of hydrogen-bond donors (Lipinski definition) is 2. The van der Waals surface area contributed by atoms with Gasteiger partial charge in [-0.25, -0.2) is 8.78 Å². The summed E-state index contributed by atoms with van der Waals surface area (Å²) in [5.41, 5.74) is 1.92. The van der Waals surface area contributed by atoms with Crippen LogP contribution in [0.4, 0.5) is 8.78 Å². The fraction of sp³-hybridized carbons (Fsp3) is 0.767. The zero-order valence-electron chi connectivity index (χ0n) is 22.5. The van der Waals surface area contributed by atoms with Crippen LogP contribution in [0.3, 0.4) is 0 Å². The Bertz CT molecular complexity index is 918. The van der Waals surface area contributed by atoms with E-state index >= 15 is 0 Å². The molecule has 0 aromatic heterocycles. The number of alkyl halides is 1. The molecule has 3 heterocycles. The van der Waals surface area contributed by atoms with E-state index in [2.05, 4.69) is 30.1 Å². The Morgan fingerprint density at radius 2 is 1.95 bits per heavy atom. The summed E-state index contributed by atoms with van der Waals surface area (Å²) in [6.45, 7) is 9.88. The lowest BCUT2D eigenvalue weighted by Crippen LogP contribution is -2.50. The van der Waals surface area contributed by atoms with Gasteiger partial charge in [-0.05, 0) is 99.8 Å². The number of β-amino-alcohol motifs (C(OH)–C–C–N with tert-alkyl or cyclic N) is 1. The number of likely N-dealkylation sites (tertiary alicyclic amines) is 2. The van der Waals surface area contributed by atoms with E-state index in [1.807, 2.05) is 0 Å². The van der Waals surface area contributed by atoms with Crippen molar-refractivity contribution in [3.63, 3.8) is 0 Å². The number of halogens is 2. The van der Waals surface area contributed by atoms with Gasteiger partial charge in [0.05, 0.1) is 11.9 Å². The van der Waals surface area contributed by atoms with Crippen LogP contribution in [0.1, 0.15) is 58.8 Å². The summed E-state index contributed by atoms with van der Waals surface area (Å²) in [4.78, 5) is 16.9. The predicted molar refractivity (Wildman–Crippen MR) is 142 cm³/mol. The lowest BCUT2D eigenvalue weighted by molar-refractivity contribution is -0.128. The van der Waals surface area contributed by atoms with Crippen LogP contribution in [0.2, 0.25) is 0 Å². The molecule has 5 aliphatic rings. The first-order valence-corrected chi connectivity index (χ1v) is 14.5. The third-order valence-corrected chi connectivity index (χ3v) is 10.1. The van der Waals surface area contributed by atoms with E-state index in [4.69, 9.17) is 0 Å². The maximum Gasteiger partial charge on any atom is 0.246 e. The first kappa shape index (κ1) is 27.0. The summed E-state index contributed by atoms with van der Waals surface area (Å²) in [5, 5.41) is 14.8. The zero-order chi connectivity index (χ0) is 26.2. The van der Waals surface area contributed by atoms with E-state index in [0.717, 1.165) is 56.9 Å². The summed E-state index contributed by atoms with van der Waals surface area (Å²) in [6, 6.07) is 0.532. The Balaban J connectivity index is 1.05. The molecule has 0 radical (unpaired) electrons. The lowest BCUT2D eigenvalue weighted by Gasteiger charge is -2.47. The molecule has 0 saturated carbocycles. The maximum atomic E-state index is 13.5. The molecule has 5 nitrogen and oxygen atoms in total. The van der Waals surface area contributed by atoms with Gasteiger partial charge >= 0.3 is 0 Å². The van der Waals surface area contributed by atoms with E-state index < -0.39 is 12.0 Å². The number of aliphatic hydroxyl groups is 1. The average molecular weight is 518 g/mol. The molecule has 6 unspecified atom stereocenters. The number of piperidine rings is 2. The van der Waals surface area contributed by atoms with Gasteiger partial charge in [0.25, 0.3) is 0 Å². The number of carbonyl (C=O) groups excluding carboxylic acids is 1. The third kappa shape index (κ3) is 6.04. The third-order valence-electron chi connectivity index (χ3n) is 10.1. The highest BCUT2D eigenvalue weighted by atomic mass is 19.1. The van der Waals surface area contributed by atoms with Crippen LogP contribution >= 0.6 is 0 Å². The maximum absolute atomic E-state index is 13.5. The van der Waals surface area contributed by atoms with Crippen LogP contribution in [-0.4, -0.2) is 78.4 Å². The second-order valence-electron chi connectivity index (χ2n) is 12.7. The second kappa shape index (κ2) is 11.3. The number of carbonyl (C=O) groups is 1. The van der Waals surface area contributed by atoms with Crippen LogP contribution in [0.15, 0.2) is 35.7 Å². The normalized spacial score (nSPS) is 35.9. The van der Waals surface area contributed by atoms with E-state index in [1.165, 1.54) is 30.9 Å². The molecular formula is C30H45F2N3O2. The largest absolute Gasteiger partial charge is 0.392 e. The summed E-state index contributed by atoms with van der Waals surface area (Å²) < 4.78 is 27.0. The Morgan fingerprint density at radius 3 is 2.65 bits per heavy atom. The van der Waals surface area contributed by atoms with Gasteiger partial charge in [-0.15, -0.1) is 0 Å². The summed E-state index contributed by atoms with van der Waals surface area (Å²) in [7, 11) is 0. The number of nitrogens with zero attached hydrogens (tertiary/aromatic N) is 2. The quantitative estimate of drug-likeness (QED) is 0.419. The number of nitrogens with one attached hydrogen (secondary N) is 1. The SMILES string of the molecule is CC1=CC2NCC3(CCN(CC(O)C4CCN(C(=O)/C=C/C5CC(F)=CC(F)C5)CC4)CC3)C2C(C)C1. The van der Waals surface area contributed by atoms with E-state index in [-0.39, 0.29) is 36.7 Å². The number of aliphatic hydroxyl groups excluding tert-OH is 1. The fourth-order valence-electron chi connectivity index (χ4n) is 8.11. The van der Waals surface area contributed by atoms with Crippen LogP contribution < -0.4 is 5.32 Å². The number of rotatable bonds is 5. The topological polar surface area (TPSA) is 55.8 Å². The molecule has 0 aromatic rings. The van der Waals surface area contributed by atoms with Gasteiger partial charge in [0.1, 0.15) is 6.17 Å². The monoisotopic (exact) mass is 517 g/mol. The van der Waals surface area contributed by atoms with Crippen molar-refractivity contribution < 1.29 is 18.7 Å². The first-order valence-electron chi connectivity index (χ1n) is 14.5. The second-order valence-corrected chi connectivity index (χ2v) is 12.7. The van der Waals surface area contributed by atoms with Gasteiger partial charge in [-0.1, -0.05) is 24.6 Å². The standard InChI is InChI=1S/C30H45F2N3O2/c1-20-13-21(2)29-26(14-20)33-19-30(29)7-11-34(12-8-30)18-27(36)23-5-9-35(10-6-23)28(37)4-3-22-15-24(31)17-25(32)16-22/h3-4,14,17,21-24,26-27,29,33,36H,5-13,15-16,18-19H2,1-2H3/b4-3+. The molecule has 6 atom stereocenters. The van der Waals surface area contributed by atoms with Crippen molar-refractivity contribution in [3.8, 4) is 0 Å². The van der Waals surface area contributed by atoms with Crippen molar-refractivity contribution in [2.24, 2.45) is 29.1 Å². The highest BCUT2D eigenvalue weighted by Gasteiger charge is 2.52. The number of allylic oxidation sites excluding steroid dienone is 4. The van der Waals surface area contributed by atoms with Gasteiger partial charge in [-0.3, -0.25) is 4.79 Å². The molecule has 3 aliphatic heterocycles. The summed E-state index contributed by atoms with van der Waals surface area (Å²) in [5.74, 6) is 0.874. The minimum atomic E-state index is -1.27. The number of amides is 1. The van der Waals surface area contributed by atoms with E-state index in [1.54, 1.807) is 11.0 Å². The van der Waals surface area contributed by atoms with Crippen molar-refractivity contribution in [1.82, 2.24) is 15.1 Å². The fourth-order valence-corrected chi connectivity index (χ4v) is 8.11. The molecule has 2 N–H and O–H groups in total. The van der Waals surface area contributed by atoms with Crippen LogP contribution in [0, 0.1) is 29.1 Å². The molecule has 3 saturated heterocycles. The molecule has 2 aliphatic carbocycles. The summed E-state index contributed by atoms with van der Waals surface area (Å²) >= 11 is 0. The van der Waals surface area contributed by atoms with E-state index in [9.17, 15) is 18.7 Å². The molecule has 0 bridgehead atoms. The minimum absolute atomic E-state index is 0.0925. The first-order chi connectivity index (χ1) is 17.7. The highest BCUT2D eigenvalue weighted by Crippen LogP contribution is 2.51. The Morgan fingerprint density at radius 1 is 1.22 bits per heavy atom. The molecule has 37 heavy (non-hydrogen) atoms. The molecule has 206 valence electrons. The van der Waals surface area contributed by atoms with Crippen LogP contribution in [0.25, 0.3) is 0 Å². The van der Waals surface area contributed by atoms with Gasteiger partial charge in [-0.2, -0.15) is 0 Å². The van der Waals surface area contributed by atoms with Crippen molar-refractivity contribution in [3.05, 3.63) is 35.7 Å². The minimum Gasteiger partial charge on any atom is -0.392 e. The van der Waals surface area contributed by atoms with Gasteiger partial charge in [0, 0.05) is 38.6 Å². The van der Waals surface area contributed by atoms with Gasteiger partial charge in [0.15, 0.2) is 0 Å². The molecule has 5 rings (SSSR count). The molecule has 1 amide bonds. The Hall–Kier alpha value is -1.57. The van der Waals surface area contributed by atoms with Gasteiger partial charge < -0.3 is 20.2 Å². The average Bonchev–Trinajstić information content (AvgIpc) is 3.21. The highest BCUT2D eigenvalue weighted by molar-refractivity contribution is 5.87. The number of hydrogen-bond acceptors (Lipinski definition) is 4. The van der Waals surface area contributed by atoms with Crippen LogP contribution in [-0.2, 0) is 4.79 Å². The molecular weight excluding hydrogens is 472 g/mol. The van der Waals surface area contributed by atoms with Crippen LogP contribution in [0.5, 0.6) is 0 Å². The van der Waals surface area contributed by atoms with Crippen molar-refractivity contribution in [2.75, 3.05) is 39.3 Å². The zero-order valence-corrected chi connectivity index (χ0v) is 22.5. The van der Waals surface area contributed by atoms with Crippen molar-refractivity contribution >= 4 is 5.91 Å². The molecule has 0 aromatic carbocycles. The van der Waals surface area contributed by atoms with Crippen molar-refractivity contribution in [1.29, 1.82) is 0 Å². The predicted octanol–water partition coefficient (Wildman–Crippen LogP) is 4.40.